The van der Waals surface area contributed by atoms with E-state index in [-0.39, 0.29) is 12.1 Å². The van der Waals surface area contributed by atoms with Gasteiger partial charge in [-0.15, -0.1) is 0 Å². The molecule has 7 nitrogen and oxygen atoms in total. The molecule has 1 aliphatic rings. The zero-order valence-corrected chi connectivity index (χ0v) is 11.3. The number of amides is 3. The molecule has 2 heterocycles. The number of imide groups is 1. The minimum atomic E-state index is -0.665. The minimum absolute atomic E-state index is 0.230. The normalized spacial score (nSPS) is 14.2. The van der Waals surface area contributed by atoms with Gasteiger partial charge in [-0.05, 0) is 22.0 Å². The van der Waals surface area contributed by atoms with Crippen LogP contribution in [-0.2, 0) is 9.53 Å². The summed E-state index contributed by atoms with van der Waals surface area (Å²) in [4.78, 5) is 39.3. The largest absolute Gasteiger partial charge is 0.452 e. The summed E-state index contributed by atoms with van der Waals surface area (Å²) in [5.74, 6) is -1.21. The zero-order valence-electron chi connectivity index (χ0n) is 9.76. The van der Waals surface area contributed by atoms with Crippen molar-refractivity contribution in [2.75, 3.05) is 19.7 Å². The molecular formula is C11H10BrN3O4. The molecule has 0 spiro atoms. The summed E-state index contributed by atoms with van der Waals surface area (Å²) in [5, 5.41) is 2.49. The van der Waals surface area contributed by atoms with Crippen molar-refractivity contribution in [3.8, 4) is 0 Å². The third-order valence-electron chi connectivity index (χ3n) is 2.43. The Labute approximate surface area is 117 Å². The Morgan fingerprint density at radius 3 is 2.89 bits per heavy atom. The highest BCUT2D eigenvalue weighted by atomic mass is 79.9. The summed E-state index contributed by atoms with van der Waals surface area (Å²) >= 11 is 3.17. The Morgan fingerprint density at radius 2 is 2.26 bits per heavy atom. The highest BCUT2D eigenvalue weighted by Gasteiger charge is 2.26. The van der Waals surface area contributed by atoms with Gasteiger partial charge in [0.2, 0.25) is 0 Å². The Bertz CT molecular complexity index is 534. The summed E-state index contributed by atoms with van der Waals surface area (Å²) in [7, 11) is 0. The van der Waals surface area contributed by atoms with Gasteiger partial charge in [-0.1, -0.05) is 0 Å². The topological polar surface area (TPSA) is 88.6 Å². The van der Waals surface area contributed by atoms with Crippen LogP contribution in [0.2, 0.25) is 0 Å². The van der Waals surface area contributed by atoms with E-state index in [4.69, 9.17) is 4.74 Å². The molecule has 0 unspecified atom stereocenters. The summed E-state index contributed by atoms with van der Waals surface area (Å²) in [6, 6.07) is 1.06. The minimum Gasteiger partial charge on any atom is -0.452 e. The van der Waals surface area contributed by atoms with E-state index in [1.54, 1.807) is 0 Å². The number of esters is 1. The van der Waals surface area contributed by atoms with Crippen molar-refractivity contribution in [2.45, 2.75) is 0 Å². The maximum Gasteiger partial charge on any atom is 0.340 e. The predicted molar refractivity (Wildman–Crippen MR) is 67.3 cm³/mol. The number of aromatic nitrogens is 1. The van der Waals surface area contributed by atoms with Crippen LogP contribution in [0.5, 0.6) is 0 Å². The first-order chi connectivity index (χ1) is 9.08. The number of nitrogens with zero attached hydrogens (tertiary/aromatic N) is 2. The van der Waals surface area contributed by atoms with Crippen molar-refractivity contribution in [3.63, 3.8) is 0 Å². The fourth-order valence-electron chi connectivity index (χ4n) is 1.52. The number of carbonyl (C=O) groups excluding carboxylic acids is 3. The number of hydrogen-bond acceptors (Lipinski definition) is 5. The number of hydrogen-bond donors (Lipinski definition) is 1. The first kappa shape index (κ1) is 13.5. The second-order valence-corrected chi connectivity index (χ2v) is 4.66. The van der Waals surface area contributed by atoms with E-state index in [1.165, 1.54) is 18.5 Å². The third-order valence-corrected chi connectivity index (χ3v) is 2.86. The Hall–Kier alpha value is -1.96. The number of urea groups is 1. The lowest BCUT2D eigenvalue weighted by Gasteiger charge is -2.12. The average Bonchev–Trinajstić information content (AvgIpc) is 2.82. The summed E-state index contributed by atoms with van der Waals surface area (Å²) < 4.78 is 5.47. The number of halogens is 1. The molecule has 0 radical (unpaired) electrons. The van der Waals surface area contributed by atoms with Gasteiger partial charge in [-0.25, -0.2) is 9.59 Å². The first-order valence-electron chi connectivity index (χ1n) is 5.44. The number of pyridine rings is 1. The standard InChI is InChI=1S/C11H10BrN3O4/c12-8-3-7(4-13-5-8)10(17)19-6-9(16)15-2-1-14-11(15)18/h3-5H,1-2,6H2,(H,14,18). The molecule has 1 aliphatic heterocycles. The summed E-state index contributed by atoms with van der Waals surface area (Å²) in [6.07, 6.45) is 2.86. The maximum atomic E-state index is 11.6. The van der Waals surface area contributed by atoms with Gasteiger partial charge in [0.1, 0.15) is 0 Å². The van der Waals surface area contributed by atoms with Gasteiger partial charge in [0.25, 0.3) is 5.91 Å². The lowest BCUT2D eigenvalue weighted by atomic mass is 10.3. The van der Waals surface area contributed by atoms with Crippen molar-refractivity contribution in [2.24, 2.45) is 0 Å². The smallest absolute Gasteiger partial charge is 0.340 e. The van der Waals surface area contributed by atoms with Crippen LogP contribution in [-0.4, -0.2) is 47.5 Å². The molecule has 0 bridgehead atoms. The molecule has 1 fully saturated rings. The highest BCUT2D eigenvalue weighted by Crippen LogP contribution is 2.10. The van der Waals surface area contributed by atoms with Gasteiger partial charge in [-0.2, -0.15) is 0 Å². The van der Waals surface area contributed by atoms with E-state index in [1.807, 2.05) is 0 Å². The van der Waals surface area contributed by atoms with Crippen molar-refractivity contribution in [3.05, 3.63) is 28.5 Å². The molecule has 0 aliphatic carbocycles. The molecule has 1 aromatic rings. The maximum absolute atomic E-state index is 11.6. The quantitative estimate of drug-likeness (QED) is 0.819. The Balaban J connectivity index is 1.90. The predicted octanol–water partition coefficient (Wildman–Crippen LogP) is 0.553. The van der Waals surface area contributed by atoms with Crippen LogP contribution < -0.4 is 5.32 Å². The second-order valence-electron chi connectivity index (χ2n) is 3.75. The molecule has 100 valence electrons. The Kier molecular flexibility index (Phi) is 4.10. The highest BCUT2D eigenvalue weighted by molar-refractivity contribution is 9.10. The number of carbonyl (C=O) groups is 3. The number of ether oxygens (including phenoxy) is 1. The molecule has 0 saturated carbocycles. The van der Waals surface area contributed by atoms with E-state index in [9.17, 15) is 14.4 Å². The van der Waals surface area contributed by atoms with Crippen LogP contribution in [0.15, 0.2) is 22.9 Å². The fraction of sp³-hybridized carbons (Fsp3) is 0.273. The first-order valence-corrected chi connectivity index (χ1v) is 6.23. The van der Waals surface area contributed by atoms with Crippen LogP contribution in [0.1, 0.15) is 10.4 Å². The van der Waals surface area contributed by atoms with Crippen LogP contribution in [0, 0.1) is 0 Å². The van der Waals surface area contributed by atoms with Crippen LogP contribution in [0.3, 0.4) is 0 Å². The molecule has 3 amide bonds. The van der Waals surface area contributed by atoms with Crippen molar-refractivity contribution >= 4 is 33.8 Å². The van der Waals surface area contributed by atoms with Crippen molar-refractivity contribution < 1.29 is 19.1 Å². The average molecular weight is 328 g/mol. The van der Waals surface area contributed by atoms with Gasteiger partial charge >= 0.3 is 12.0 Å². The molecule has 2 rings (SSSR count). The van der Waals surface area contributed by atoms with Gasteiger partial charge in [0.15, 0.2) is 6.61 Å². The number of rotatable bonds is 3. The van der Waals surface area contributed by atoms with Crippen molar-refractivity contribution in [1.82, 2.24) is 15.2 Å². The van der Waals surface area contributed by atoms with E-state index < -0.39 is 24.5 Å². The molecule has 0 atom stereocenters. The van der Waals surface area contributed by atoms with Crippen LogP contribution >= 0.6 is 15.9 Å². The monoisotopic (exact) mass is 327 g/mol. The summed E-state index contributed by atoms with van der Waals surface area (Å²) in [5.41, 5.74) is 0.230. The molecule has 1 saturated heterocycles. The lowest BCUT2D eigenvalue weighted by Crippen LogP contribution is -2.37. The van der Waals surface area contributed by atoms with Gasteiger partial charge < -0.3 is 10.1 Å². The van der Waals surface area contributed by atoms with Crippen LogP contribution in [0.25, 0.3) is 0 Å². The van der Waals surface area contributed by atoms with Gasteiger partial charge in [0.05, 0.1) is 5.56 Å². The second kappa shape index (κ2) is 5.79. The molecule has 0 aromatic carbocycles. The fourth-order valence-corrected chi connectivity index (χ4v) is 1.89. The van der Waals surface area contributed by atoms with Gasteiger partial charge in [0, 0.05) is 30.0 Å². The van der Waals surface area contributed by atoms with Crippen LogP contribution in [0.4, 0.5) is 4.79 Å². The third kappa shape index (κ3) is 3.28. The molecule has 19 heavy (non-hydrogen) atoms. The van der Waals surface area contributed by atoms with E-state index >= 15 is 0 Å². The lowest BCUT2D eigenvalue weighted by molar-refractivity contribution is -0.130. The zero-order chi connectivity index (χ0) is 13.8. The molecule has 8 heteroatoms. The molecule has 1 N–H and O–H groups in total. The molecule has 1 aromatic heterocycles. The number of nitrogens with one attached hydrogen (secondary N) is 1. The van der Waals surface area contributed by atoms with E-state index in [0.717, 1.165) is 4.90 Å². The van der Waals surface area contributed by atoms with E-state index in [2.05, 4.69) is 26.2 Å². The molecular weight excluding hydrogens is 318 g/mol. The Morgan fingerprint density at radius 1 is 1.47 bits per heavy atom. The summed E-state index contributed by atoms with van der Waals surface area (Å²) in [6.45, 7) is 0.223. The SMILES string of the molecule is O=C(OCC(=O)N1CCNC1=O)c1cncc(Br)c1. The van der Waals surface area contributed by atoms with E-state index in [0.29, 0.717) is 11.0 Å². The van der Waals surface area contributed by atoms with Gasteiger partial charge in [-0.3, -0.25) is 14.7 Å². The van der Waals surface area contributed by atoms with Crippen molar-refractivity contribution in [1.29, 1.82) is 0 Å².